The molecule has 0 unspecified atom stereocenters. The summed E-state index contributed by atoms with van der Waals surface area (Å²) in [6.45, 7) is 10.1. The van der Waals surface area contributed by atoms with Crippen LogP contribution in [0.25, 0.3) is 0 Å². The van der Waals surface area contributed by atoms with E-state index in [0.717, 1.165) is 0 Å². The number of ether oxygens (including phenoxy) is 2. The summed E-state index contributed by atoms with van der Waals surface area (Å²) < 4.78 is 22.6. The van der Waals surface area contributed by atoms with E-state index in [4.69, 9.17) is 18.3 Å². The fourth-order valence-corrected chi connectivity index (χ4v) is 3.70. The maximum Gasteiger partial charge on any atom is 0.532 e. The van der Waals surface area contributed by atoms with Gasteiger partial charge in [-0.1, -0.05) is 49.6 Å². The molecule has 0 fully saturated rings. The van der Waals surface area contributed by atoms with Gasteiger partial charge in [-0.05, 0) is 38.1 Å². The zero-order valence-electron chi connectivity index (χ0n) is 17.1. The van der Waals surface area contributed by atoms with Gasteiger partial charge >= 0.3 is 21.2 Å². The summed E-state index contributed by atoms with van der Waals surface area (Å²) in [5, 5.41) is 0. The molecule has 7 heteroatoms. The summed E-state index contributed by atoms with van der Waals surface area (Å²) in [7, 11) is -1.88. The van der Waals surface area contributed by atoms with Crippen molar-refractivity contribution in [2.24, 2.45) is 0 Å². The second-order valence-corrected chi connectivity index (χ2v) is 8.19. The average molecular weight is 426 g/mol. The molecule has 0 atom stereocenters. The fourth-order valence-electron chi connectivity index (χ4n) is 2.18. The van der Waals surface area contributed by atoms with E-state index in [1.807, 2.05) is 60.7 Å². The number of carbonyl (C=O) groups is 2. The van der Waals surface area contributed by atoms with E-state index >= 15 is 0 Å². The molecule has 0 aromatic heterocycles. The Morgan fingerprint density at radius 2 is 1.20 bits per heavy atom. The zero-order chi connectivity index (χ0) is 21.9. The van der Waals surface area contributed by atoms with E-state index in [-0.39, 0.29) is 17.6 Å². The molecule has 6 nitrogen and oxygen atoms in total. The molecule has 157 valence electrons. The SMILES string of the molecule is C=C(C)C(=O)OC(CC[Si](Oc1ccccc1)Oc1ccccc1)OC(=O)C(=C)C. The Kier molecular flexibility index (Phi) is 8.90. The lowest BCUT2D eigenvalue weighted by Crippen LogP contribution is -2.33. The van der Waals surface area contributed by atoms with E-state index in [2.05, 4.69) is 13.2 Å². The van der Waals surface area contributed by atoms with Gasteiger partial charge in [0.2, 0.25) is 6.29 Å². The Bertz CT molecular complexity index is 796. The van der Waals surface area contributed by atoms with Gasteiger partial charge in [0.25, 0.3) is 0 Å². The molecule has 2 aromatic carbocycles. The molecule has 0 saturated heterocycles. The van der Waals surface area contributed by atoms with Crippen molar-refractivity contribution in [3.05, 3.63) is 85.0 Å². The Hall–Kier alpha value is -3.32. The standard InChI is InChI=1S/C23H25O6Si/c1-17(2)22(24)26-21(27-23(25)18(3)4)15-16-30(28-19-11-7-5-8-12-19)29-20-13-9-6-10-14-20/h5-14,21H,1,3,15-16H2,2,4H3. The molecule has 0 saturated carbocycles. The predicted molar refractivity (Wildman–Crippen MR) is 115 cm³/mol. The number of hydrogen-bond donors (Lipinski definition) is 0. The number of benzene rings is 2. The molecule has 0 N–H and O–H groups in total. The van der Waals surface area contributed by atoms with Gasteiger partial charge in [0.05, 0.1) is 0 Å². The number of rotatable bonds is 11. The molecule has 2 aromatic rings. The highest BCUT2D eigenvalue weighted by atomic mass is 28.3. The quantitative estimate of drug-likeness (QED) is 0.227. The van der Waals surface area contributed by atoms with Crippen molar-refractivity contribution in [1.29, 1.82) is 0 Å². The minimum Gasteiger partial charge on any atom is -0.510 e. The minimum absolute atomic E-state index is 0.200. The van der Waals surface area contributed by atoms with Crippen molar-refractivity contribution >= 4 is 21.2 Å². The van der Waals surface area contributed by atoms with Gasteiger partial charge in [-0.2, -0.15) is 0 Å². The van der Waals surface area contributed by atoms with E-state index in [1.54, 1.807) is 0 Å². The fraction of sp³-hybridized carbons (Fsp3) is 0.217. The molecule has 0 amide bonds. The molecule has 30 heavy (non-hydrogen) atoms. The molecule has 0 aliphatic rings. The van der Waals surface area contributed by atoms with Crippen LogP contribution in [-0.2, 0) is 19.1 Å². The second kappa shape index (κ2) is 11.6. The van der Waals surface area contributed by atoms with Crippen molar-refractivity contribution in [3.8, 4) is 11.5 Å². The van der Waals surface area contributed by atoms with Crippen LogP contribution in [0.15, 0.2) is 85.0 Å². The van der Waals surface area contributed by atoms with Gasteiger partial charge in [-0.3, -0.25) is 0 Å². The first-order chi connectivity index (χ1) is 14.3. The van der Waals surface area contributed by atoms with Crippen LogP contribution < -0.4 is 8.85 Å². The maximum atomic E-state index is 11.9. The number of esters is 2. The van der Waals surface area contributed by atoms with E-state index in [9.17, 15) is 9.59 Å². The van der Waals surface area contributed by atoms with E-state index in [1.165, 1.54) is 13.8 Å². The van der Waals surface area contributed by atoms with Gasteiger partial charge < -0.3 is 18.3 Å². The molecular formula is C23H25O6Si. The van der Waals surface area contributed by atoms with Crippen LogP contribution in [0.1, 0.15) is 20.3 Å². The van der Waals surface area contributed by atoms with Crippen molar-refractivity contribution in [3.63, 3.8) is 0 Å². The number of para-hydroxylation sites is 2. The van der Waals surface area contributed by atoms with E-state index in [0.29, 0.717) is 17.5 Å². The second-order valence-electron chi connectivity index (χ2n) is 6.54. The molecule has 0 aliphatic carbocycles. The Balaban J connectivity index is 2.10. The van der Waals surface area contributed by atoms with Gasteiger partial charge in [0, 0.05) is 23.6 Å². The van der Waals surface area contributed by atoms with Crippen LogP contribution in [-0.4, -0.2) is 27.5 Å². The Morgan fingerprint density at radius 3 is 1.57 bits per heavy atom. The summed E-state index contributed by atoms with van der Waals surface area (Å²) in [5.41, 5.74) is 0.413. The molecule has 0 bridgehead atoms. The van der Waals surface area contributed by atoms with Crippen molar-refractivity contribution in [1.82, 2.24) is 0 Å². The van der Waals surface area contributed by atoms with Crippen LogP contribution in [0.4, 0.5) is 0 Å². The lowest BCUT2D eigenvalue weighted by Gasteiger charge is -2.21. The highest BCUT2D eigenvalue weighted by Gasteiger charge is 2.27. The highest BCUT2D eigenvalue weighted by molar-refractivity contribution is 6.46. The summed E-state index contributed by atoms with van der Waals surface area (Å²) in [5.74, 6) is 0.0425. The van der Waals surface area contributed by atoms with Crippen LogP contribution in [0.5, 0.6) is 11.5 Å². The van der Waals surface area contributed by atoms with Crippen molar-refractivity contribution in [2.45, 2.75) is 32.6 Å². The van der Waals surface area contributed by atoms with Crippen LogP contribution in [0, 0.1) is 0 Å². The third-order valence-electron chi connectivity index (χ3n) is 3.71. The summed E-state index contributed by atoms with van der Waals surface area (Å²) in [6.07, 6.45) is -0.899. The van der Waals surface area contributed by atoms with Crippen LogP contribution in [0.2, 0.25) is 6.04 Å². The average Bonchev–Trinajstić information content (AvgIpc) is 2.73. The van der Waals surface area contributed by atoms with Crippen LogP contribution in [0.3, 0.4) is 0 Å². The van der Waals surface area contributed by atoms with Crippen molar-refractivity contribution in [2.75, 3.05) is 0 Å². The van der Waals surface area contributed by atoms with E-state index < -0.39 is 27.5 Å². The molecule has 1 radical (unpaired) electrons. The molecule has 0 heterocycles. The zero-order valence-corrected chi connectivity index (χ0v) is 18.1. The summed E-state index contributed by atoms with van der Waals surface area (Å²) >= 11 is 0. The molecule has 0 spiro atoms. The maximum absolute atomic E-state index is 11.9. The van der Waals surface area contributed by atoms with Gasteiger partial charge in [-0.15, -0.1) is 0 Å². The number of carbonyl (C=O) groups excluding carboxylic acids is 2. The molecular weight excluding hydrogens is 400 g/mol. The normalized spacial score (nSPS) is 10.4. The monoisotopic (exact) mass is 425 g/mol. The van der Waals surface area contributed by atoms with Crippen LogP contribution >= 0.6 is 0 Å². The third-order valence-corrected chi connectivity index (χ3v) is 5.33. The first-order valence-corrected chi connectivity index (χ1v) is 10.9. The Morgan fingerprint density at radius 1 is 0.800 bits per heavy atom. The van der Waals surface area contributed by atoms with Gasteiger partial charge in [0.1, 0.15) is 11.5 Å². The first kappa shape index (κ1) is 23.0. The smallest absolute Gasteiger partial charge is 0.510 e. The summed E-state index contributed by atoms with van der Waals surface area (Å²) in [4.78, 5) is 23.9. The Labute approximate surface area is 178 Å². The first-order valence-electron chi connectivity index (χ1n) is 9.39. The molecule has 0 aliphatic heterocycles. The summed E-state index contributed by atoms with van der Waals surface area (Å²) in [6, 6.07) is 18.9. The third kappa shape index (κ3) is 7.96. The minimum atomic E-state index is -1.88. The topological polar surface area (TPSA) is 71.1 Å². The largest absolute Gasteiger partial charge is 0.532 e. The molecule has 2 rings (SSSR count). The van der Waals surface area contributed by atoms with Crippen molar-refractivity contribution < 1.29 is 27.9 Å². The lowest BCUT2D eigenvalue weighted by atomic mass is 10.3. The van der Waals surface area contributed by atoms with Gasteiger partial charge in [0.15, 0.2) is 0 Å². The lowest BCUT2D eigenvalue weighted by molar-refractivity contribution is -0.182. The predicted octanol–water partition coefficient (Wildman–Crippen LogP) is 4.59. The highest BCUT2D eigenvalue weighted by Crippen LogP contribution is 2.19. The van der Waals surface area contributed by atoms with Gasteiger partial charge in [-0.25, -0.2) is 9.59 Å². The number of hydrogen-bond acceptors (Lipinski definition) is 6.